The van der Waals surface area contributed by atoms with Gasteiger partial charge in [0.15, 0.2) is 0 Å². The average molecular weight is 282 g/mol. The molecule has 2 unspecified atom stereocenters. The smallest absolute Gasteiger partial charge is 0.0674 e. The van der Waals surface area contributed by atoms with Crippen LogP contribution in [-0.4, -0.2) is 17.8 Å². The Morgan fingerprint density at radius 1 is 1.26 bits per heavy atom. The molecule has 19 heavy (non-hydrogen) atoms. The normalized spacial score (nSPS) is 21.9. The summed E-state index contributed by atoms with van der Waals surface area (Å²) in [6.45, 7) is 2.62. The van der Waals surface area contributed by atoms with E-state index in [0.717, 1.165) is 18.4 Å². The highest BCUT2D eigenvalue weighted by Crippen LogP contribution is 2.44. The van der Waals surface area contributed by atoms with E-state index in [0.29, 0.717) is 11.6 Å². The van der Waals surface area contributed by atoms with Crippen molar-refractivity contribution in [3.63, 3.8) is 0 Å². The summed E-state index contributed by atoms with van der Waals surface area (Å²) in [5.74, 6) is -0.0724. The van der Waals surface area contributed by atoms with E-state index in [1.807, 2.05) is 24.3 Å². The minimum Gasteiger partial charge on any atom is -0.392 e. The summed E-state index contributed by atoms with van der Waals surface area (Å²) in [5.41, 5.74) is 6.87. The number of hydrogen-bond acceptors (Lipinski definition) is 2. The largest absolute Gasteiger partial charge is 0.392 e. The van der Waals surface area contributed by atoms with Gasteiger partial charge in [0.05, 0.1) is 6.10 Å². The molecule has 1 saturated carbocycles. The van der Waals surface area contributed by atoms with Crippen molar-refractivity contribution in [1.82, 2.24) is 0 Å². The molecule has 1 aromatic carbocycles. The number of rotatable bonds is 4. The van der Waals surface area contributed by atoms with Gasteiger partial charge in [-0.2, -0.15) is 0 Å². The van der Waals surface area contributed by atoms with Gasteiger partial charge in [-0.3, -0.25) is 0 Å². The van der Waals surface area contributed by atoms with Crippen molar-refractivity contribution in [3.8, 4) is 0 Å². The summed E-state index contributed by atoms with van der Waals surface area (Å²) >= 11 is 6.26. The molecule has 1 fully saturated rings. The fraction of sp³-hybridized carbons (Fsp3) is 0.625. The van der Waals surface area contributed by atoms with E-state index in [2.05, 4.69) is 6.92 Å². The van der Waals surface area contributed by atoms with Gasteiger partial charge in [-0.15, -0.1) is 0 Å². The number of benzene rings is 1. The monoisotopic (exact) mass is 281 g/mol. The maximum Gasteiger partial charge on any atom is 0.0674 e. The molecular weight excluding hydrogens is 258 g/mol. The minimum absolute atomic E-state index is 0.0263. The van der Waals surface area contributed by atoms with E-state index in [1.165, 1.54) is 19.3 Å². The van der Waals surface area contributed by atoms with Gasteiger partial charge < -0.3 is 10.8 Å². The molecule has 1 aliphatic carbocycles. The molecule has 106 valence electrons. The Bertz CT molecular complexity index is 415. The van der Waals surface area contributed by atoms with Gasteiger partial charge in [0.2, 0.25) is 0 Å². The maximum absolute atomic E-state index is 10.8. The topological polar surface area (TPSA) is 46.2 Å². The zero-order valence-electron chi connectivity index (χ0n) is 11.6. The van der Waals surface area contributed by atoms with Crippen LogP contribution in [0.3, 0.4) is 0 Å². The first-order valence-electron chi connectivity index (χ1n) is 7.21. The van der Waals surface area contributed by atoms with Crippen molar-refractivity contribution in [2.24, 2.45) is 11.1 Å². The van der Waals surface area contributed by atoms with Crippen LogP contribution < -0.4 is 5.73 Å². The van der Waals surface area contributed by atoms with E-state index in [-0.39, 0.29) is 11.3 Å². The first-order valence-corrected chi connectivity index (χ1v) is 7.59. The first kappa shape index (κ1) is 14.8. The first-order chi connectivity index (χ1) is 9.08. The van der Waals surface area contributed by atoms with E-state index >= 15 is 0 Å². The molecule has 2 nitrogen and oxygen atoms in total. The van der Waals surface area contributed by atoms with E-state index in [9.17, 15) is 5.11 Å². The predicted molar refractivity (Wildman–Crippen MR) is 80.4 cm³/mol. The van der Waals surface area contributed by atoms with Crippen molar-refractivity contribution in [3.05, 3.63) is 34.9 Å². The van der Waals surface area contributed by atoms with Crippen molar-refractivity contribution < 1.29 is 5.11 Å². The van der Waals surface area contributed by atoms with Crippen molar-refractivity contribution >= 4 is 11.6 Å². The summed E-state index contributed by atoms with van der Waals surface area (Å²) in [7, 11) is 0. The second-order valence-corrected chi connectivity index (χ2v) is 6.43. The lowest BCUT2D eigenvalue weighted by Crippen LogP contribution is -2.41. The predicted octanol–water partition coefficient (Wildman–Crippen LogP) is 3.71. The van der Waals surface area contributed by atoms with Crippen molar-refractivity contribution in [2.75, 3.05) is 6.54 Å². The molecule has 1 aromatic rings. The Labute approximate surface area is 121 Å². The summed E-state index contributed by atoms with van der Waals surface area (Å²) in [5, 5.41) is 11.5. The average Bonchev–Trinajstić information content (AvgIpc) is 2.42. The van der Waals surface area contributed by atoms with Crippen molar-refractivity contribution in [1.29, 1.82) is 0 Å². The third kappa shape index (κ3) is 3.13. The summed E-state index contributed by atoms with van der Waals surface area (Å²) in [4.78, 5) is 0. The summed E-state index contributed by atoms with van der Waals surface area (Å²) in [6.07, 6.45) is 5.42. The van der Waals surface area contributed by atoms with Crippen molar-refractivity contribution in [2.45, 2.75) is 51.0 Å². The number of hydrogen-bond donors (Lipinski definition) is 2. The van der Waals surface area contributed by atoms with Crippen LogP contribution in [0.1, 0.15) is 50.5 Å². The molecule has 0 spiro atoms. The second-order valence-electron chi connectivity index (χ2n) is 6.02. The molecule has 3 heteroatoms. The highest BCUT2D eigenvalue weighted by Gasteiger charge is 2.39. The Morgan fingerprint density at radius 3 is 2.47 bits per heavy atom. The quantitative estimate of drug-likeness (QED) is 0.884. The summed E-state index contributed by atoms with van der Waals surface area (Å²) < 4.78 is 0. The SMILES string of the molecule is CC1(C(O)C(CN)c2ccccc2Cl)CCCCC1. The van der Waals surface area contributed by atoms with Gasteiger partial charge >= 0.3 is 0 Å². The Balaban J connectivity index is 2.24. The van der Waals surface area contributed by atoms with Crippen LogP contribution in [0.5, 0.6) is 0 Å². The van der Waals surface area contributed by atoms with Crippen LogP contribution in [0, 0.1) is 5.41 Å². The fourth-order valence-corrected chi connectivity index (χ4v) is 3.62. The molecular formula is C16H24ClNO. The number of aliphatic hydroxyl groups is 1. The third-order valence-electron chi connectivity index (χ3n) is 4.65. The molecule has 3 N–H and O–H groups in total. The van der Waals surface area contributed by atoms with Gasteiger partial charge in [-0.25, -0.2) is 0 Å². The summed E-state index contributed by atoms with van der Waals surface area (Å²) in [6, 6.07) is 7.72. The number of nitrogens with two attached hydrogens (primary N) is 1. The highest BCUT2D eigenvalue weighted by molar-refractivity contribution is 6.31. The van der Waals surface area contributed by atoms with Gasteiger partial charge in [0.1, 0.15) is 0 Å². The van der Waals surface area contributed by atoms with Crippen LogP contribution in [0.15, 0.2) is 24.3 Å². The molecule has 2 atom stereocenters. The lowest BCUT2D eigenvalue weighted by Gasteiger charge is -2.41. The number of halogens is 1. The lowest BCUT2D eigenvalue weighted by molar-refractivity contribution is -0.00747. The Hall–Kier alpha value is -0.570. The lowest BCUT2D eigenvalue weighted by atomic mass is 9.67. The molecule has 1 aliphatic rings. The molecule has 0 heterocycles. The zero-order chi connectivity index (χ0) is 13.9. The minimum atomic E-state index is -0.419. The molecule has 0 aromatic heterocycles. The highest BCUT2D eigenvalue weighted by atomic mass is 35.5. The van der Waals surface area contributed by atoms with Crippen LogP contribution in [0.2, 0.25) is 5.02 Å². The third-order valence-corrected chi connectivity index (χ3v) is 4.99. The molecule has 0 bridgehead atoms. The van der Waals surface area contributed by atoms with Crippen LogP contribution in [0.4, 0.5) is 0 Å². The second kappa shape index (κ2) is 6.25. The van der Waals surface area contributed by atoms with Gasteiger partial charge in [0, 0.05) is 17.5 Å². The van der Waals surface area contributed by atoms with E-state index in [4.69, 9.17) is 17.3 Å². The molecule has 2 rings (SSSR count). The van der Waals surface area contributed by atoms with E-state index < -0.39 is 6.10 Å². The van der Waals surface area contributed by atoms with Gasteiger partial charge in [0.25, 0.3) is 0 Å². The molecule has 0 saturated heterocycles. The van der Waals surface area contributed by atoms with E-state index in [1.54, 1.807) is 0 Å². The van der Waals surface area contributed by atoms with Crippen LogP contribution in [-0.2, 0) is 0 Å². The molecule has 0 amide bonds. The van der Waals surface area contributed by atoms with Crippen LogP contribution >= 0.6 is 11.6 Å². The zero-order valence-corrected chi connectivity index (χ0v) is 12.4. The van der Waals surface area contributed by atoms with Gasteiger partial charge in [-0.05, 0) is 29.9 Å². The van der Waals surface area contributed by atoms with Gasteiger partial charge in [-0.1, -0.05) is 56.0 Å². The Kier molecular flexibility index (Phi) is 4.88. The Morgan fingerprint density at radius 2 is 1.89 bits per heavy atom. The molecule has 0 radical (unpaired) electrons. The number of aliphatic hydroxyl groups excluding tert-OH is 1. The maximum atomic E-state index is 10.8. The standard InChI is InChI=1S/C16H24ClNO/c1-16(9-5-2-6-10-16)15(19)13(11-18)12-7-3-4-8-14(12)17/h3-4,7-8,13,15,19H,2,5-6,9-11,18H2,1H3. The molecule has 0 aliphatic heterocycles. The van der Waals surface area contributed by atoms with Crippen LogP contribution in [0.25, 0.3) is 0 Å². The fourth-order valence-electron chi connectivity index (χ4n) is 3.34.